The van der Waals surface area contributed by atoms with E-state index in [-0.39, 0.29) is 12.3 Å². The van der Waals surface area contributed by atoms with Crippen LogP contribution < -0.4 is 10.6 Å². The third kappa shape index (κ3) is 5.63. The first-order valence-corrected chi connectivity index (χ1v) is 9.81. The zero-order chi connectivity index (χ0) is 19.3. The maximum atomic E-state index is 11.1. The van der Waals surface area contributed by atoms with E-state index in [0.29, 0.717) is 18.3 Å². The molecular formula is C21H34N2O3. The molecule has 1 aromatic rings. The predicted octanol–water partition coefficient (Wildman–Crippen LogP) is 4.15. The van der Waals surface area contributed by atoms with Gasteiger partial charge in [0.15, 0.2) is 0 Å². The Morgan fingerprint density at radius 1 is 1.31 bits per heavy atom. The summed E-state index contributed by atoms with van der Waals surface area (Å²) in [5.41, 5.74) is 8.19. The van der Waals surface area contributed by atoms with Crippen molar-refractivity contribution in [1.82, 2.24) is 0 Å². The Hall–Kier alpha value is -1.75. The minimum atomic E-state index is -0.808. The molecule has 1 aromatic carbocycles. The molecule has 4 N–H and O–H groups in total. The van der Waals surface area contributed by atoms with E-state index in [4.69, 9.17) is 10.8 Å². The van der Waals surface area contributed by atoms with Crippen LogP contribution in [-0.4, -0.2) is 34.4 Å². The maximum absolute atomic E-state index is 11.1. The number of aliphatic hydroxyl groups is 1. The Morgan fingerprint density at radius 2 is 1.96 bits per heavy atom. The molecule has 2 rings (SSSR count). The summed E-state index contributed by atoms with van der Waals surface area (Å²) in [5.74, 6) is -0.813. The Bertz CT molecular complexity index is 604. The molecule has 26 heavy (non-hydrogen) atoms. The third-order valence-electron chi connectivity index (χ3n) is 5.32. The molecule has 146 valence electrons. The fourth-order valence-electron chi connectivity index (χ4n) is 4.02. The van der Waals surface area contributed by atoms with Crippen molar-refractivity contribution in [2.75, 3.05) is 17.2 Å². The molecule has 0 heterocycles. The van der Waals surface area contributed by atoms with Crippen molar-refractivity contribution in [3.63, 3.8) is 0 Å². The lowest BCUT2D eigenvalue weighted by atomic mass is 9.90. The first kappa shape index (κ1) is 20.6. The molecule has 0 aromatic heterocycles. The van der Waals surface area contributed by atoms with Crippen LogP contribution in [0.1, 0.15) is 77.2 Å². The zero-order valence-corrected chi connectivity index (χ0v) is 16.4. The molecule has 1 aliphatic carbocycles. The van der Waals surface area contributed by atoms with Gasteiger partial charge < -0.3 is 20.8 Å². The highest BCUT2D eigenvalue weighted by molar-refractivity contribution is 5.71. The van der Waals surface area contributed by atoms with Gasteiger partial charge in [0.2, 0.25) is 0 Å². The summed E-state index contributed by atoms with van der Waals surface area (Å²) in [6.07, 6.45) is 6.81. The quantitative estimate of drug-likeness (QED) is 0.605. The summed E-state index contributed by atoms with van der Waals surface area (Å²) < 4.78 is 0. The van der Waals surface area contributed by atoms with E-state index in [2.05, 4.69) is 4.90 Å². The number of rotatable bonds is 8. The fraction of sp³-hybridized carbons (Fsp3) is 0.667. The molecule has 1 saturated carbocycles. The third-order valence-corrected chi connectivity index (χ3v) is 5.32. The molecule has 1 unspecified atom stereocenters. The number of nitrogens with two attached hydrogens (primary N) is 1. The molecule has 0 amide bonds. The van der Waals surface area contributed by atoms with Crippen LogP contribution in [0.2, 0.25) is 0 Å². The highest BCUT2D eigenvalue weighted by Crippen LogP contribution is 2.35. The van der Waals surface area contributed by atoms with Crippen LogP contribution in [0, 0.1) is 0 Å². The SMILES string of the molecule is CCC(CC(=O)O)c1ccc(N(CC(C)(C)O)C2CCCCC2)c(N)c1. The van der Waals surface area contributed by atoms with Crippen LogP contribution in [0.25, 0.3) is 0 Å². The van der Waals surface area contributed by atoms with Crippen LogP contribution in [0.4, 0.5) is 11.4 Å². The number of hydrogen-bond acceptors (Lipinski definition) is 4. The summed E-state index contributed by atoms with van der Waals surface area (Å²) in [6, 6.07) is 6.33. The van der Waals surface area contributed by atoms with Crippen LogP contribution in [-0.2, 0) is 4.79 Å². The van der Waals surface area contributed by atoms with Crippen LogP contribution >= 0.6 is 0 Å². The van der Waals surface area contributed by atoms with E-state index in [9.17, 15) is 9.90 Å². The number of anilines is 2. The van der Waals surface area contributed by atoms with Gasteiger partial charge in [-0.15, -0.1) is 0 Å². The van der Waals surface area contributed by atoms with Crippen LogP contribution in [0.5, 0.6) is 0 Å². The normalized spacial score (nSPS) is 17.1. The number of carboxylic acids is 1. The van der Waals surface area contributed by atoms with Gasteiger partial charge >= 0.3 is 5.97 Å². The lowest BCUT2D eigenvalue weighted by Gasteiger charge is -2.40. The van der Waals surface area contributed by atoms with Gasteiger partial charge in [-0.05, 0) is 56.7 Å². The van der Waals surface area contributed by atoms with Gasteiger partial charge in [-0.3, -0.25) is 4.79 Å². The molecule has 5 heteroatoms. The molecule has 0 saturated heterocycles. The van der Waals surface area contributed by atoms with E-state index < -0.39 is 11.6 Å². The van der Waals surface area contributed by atoms with Crippen molar-refractivity contribution < 1.29 is 15.0 Å². The zero-order valence-electron chi connectivity index (χ0n) is 16.4. The summed E-state index contributed by atoms with van der Waals surface area (Å²) >= 11 is 0. The van der Waals surface area contributed by atoms with Crippen molar-refractivity contribution in [2.45, 2.75) is 83.3 Å². The number of nitrogens with zero attached hydrogens (tertiary/aromatic N) is 1. The standard InChI is InChI=1S/C21H34N2O3/c1-4-15(13-20(24)25)16-10-11-19(18(22)12-16)23(14-21(2,3)26)17-8-6-5-7-9-17/h10-12,15,17,26H,4-9,13-14,22H2,1-3H3,(H,24,25). The minimum absolute atomic E-state index is 0.0266. The second-order valence-corrected chi connectivity index (χ2v) is 8.25. The van der Waals surface area contributed by atoms with Crippen molar-refractivity contribution in [1.29, 1.82) is 0 Å². The van der Waals surface area contributed by atoms with E-state index >= 15 is 0 Å². The van der Waals surface area contributed by atoms with Crippen molar-refractivity contribution in [3.05, 3.63) is 23.8 Å². The number of hydrogen-bond donors (Lipinski definition) is 3. The van der Waals surface area contributed by atoms with E-state index in [1.165, 1.54) is 19.3 Å². The summed E-state index contributed by atoms with van der Waals surface area (Å²) in [5, 5.41) is 19.5. The van der Waals surface area contributed by atoms with Crippen LogP contribution in [0.15, 0.2) is 18.2 Å². The van der Waals surface area contributed by atoms with Gasteiger partial charge in [-0.25, -0.2) is 0 Å². The van der Waals surface area contributed by atoms with Crippen molar-refractivity contribution in [2.24, 2.45) is 0 Å². The summed E-state index contributed by atoms with van der Waals surface area (Å²) in [7, 11) is 0. The minimum Gasteiger partial charge on any atom is -0.481 e. The topological polar surface area (TPSA) is 86.8 Å². The largest absolute Gasteiger partial charge is 0.481 e. The number of carbonyl (C=O) groups is 1. The average Bonchev–Trinajstić information content (AvgIpc) is 2.57. The Kier molecular flexibility index (Phi) is 6.93. The lowest BCUT2D eigenvalue weighted by molar-refractivity contribution is -0.137. The molecule has 0 radical (unpaired) electrons. The van der Waals surface area contributed by atoms with Gasteiger partial charge in [0.1, 0.15) is 0 Å². The smallest absolute Gasteiger partial charge is 0.303 e. The van der Waals surface area contributed by atoms with Gasteiger partial charge in [-0.2, -0.15) is 0 Å². The maximum Gasteiger partial charge on any atom is 0.303 e. The van der Waals surface area contributed by atoms with E-state index in [0.717, 1.165) is 30.5 Å². The highest BCUT2D eigenvalue weighted by Gasteiger charge is 2.28. The fourth-order valence-corrected chi connectivity index (χ4v) is 4.02. The predicted molar refractivity (Wildman–Crippen MR) is 107 cm³/mol. The molecular weight excluding hydrogens is 328 g/mol. The molecule has 0 spiro atoms. The van der Waals surface area contributed by atoms with Gasteiger partial charge in [0.05, 0.1) is 23.4 Å². The molecule has 1 fully saturated rings. The monoisotopic (exact) mass is 362 g/mol. The molecule has 0 aliphatic heterocycles. The van der Waals surface area contributed by atoms with Gasteiger partial charge in [0.25, 0.3) is 0 Å². The summed E-state index contributed by atoms with van der Waals surface area (Å²) in [6.45, 7) is 6.19. The highest BCUT2D eigenvalue weighted by atomic mass is 16.4. The van der Waals surface area contributed by atoms with Crippen molar-refractivity contribution >= 4 is 17.3 Å². The Morgan fingerprint density at radius 3 is 2.46 bits per heavy atom. The van der Waals surface area contributed by atoms with Gasteiger partial charge in [-0.1, -0.05) is 32.3 Å². The van der Waals surface area contributed by atoms with Gasteiger partial charge in [0, 0.05) is 12.6 Å². The Labute approximate surface area is 157 Å². The number of aliphatic carboxylic acids is 1. The van der Waals surface area contributed by atoms with Crippen molar-refractivity contribution in [3.8, 4) is 0 Å². The Balaban J connectivity index is 2.30. The second-order valence-electron chi connectivity index (χ2n) is 8.25. The van der Waals surface area contributed by atoms with E-state index in [1.54, 1.807) is 0 Å². The number of nitrogen functional groups attached to an aromatic ring is 1. The first-order chi connectivity index (χ1) is 12.2. The summed E-state index contributed by atoms with van der Waals surface area (Å²) in [4.78, 5) is 13.4. The lowest BCUT2D eigenvalue weighted by Crippen LogP contribution is -2.45. The average molecular weight is 363 g/mol. The number of carboxylic acid groups (broad SMARTS) is 1. The molecule has 1 aliphatic rings. The van der Waals surface area contributed by atoms with E-state index in [1.807, 2.05) is 39.0 Å². The first-order valence-electron chi connectivity index (χ1n) is 9.81. The van der Waals surface area contributed by atoms with Crippen LogP contribution in [0.3, 0.4) is 0 Å². The second kappa shape index (κ2) is 8.76. The number of benzene rings is 1. The molecule has 0 bridgehead atoms. The molecule has 5 nitrogen and oxygen atoms in total. The molecule has 1 atom stereocenters.